The third-order valence-electron chi connectivity index (χ3n) is 5.55. The van der Waals surface area contributed by atoms with Crippen LogP contribution in [-0.2, 0) is 6.54 Å². The molecule has 0 radical (unpaired) electrons. The van der Waals surface area contributed by atoms with E-state index < -0.39 is 5.91 Å². The van der Waals surface area contributed by atoms with Crippen molar-refractivity contribution in [2.24, 2.45) is 5.73 Å². The highest BCUT2D eigenvalue weighted by atomic mass is 35.5. The number of benzene rings is 4. The summed E-state index contributed by atoms with van der Waals surface area (Å²) in [5.41, 5.74) is 11.7. The van der Waals surface area contributed by atoms with Crippen molar-refractivity contribution in [3.63, 3.8) is 0 Å². The lowest BCUT2D eigenvalue weighted by Gasteiger charge is -2.13. The largest absolute Gasteiger partial charge is 0.366 e. The average Bonchev–Trinajstić information content (AvgIpc) is 3.07. The lowest BCUT2D eigenvalue weighted by Crippen LogP contribution is -2.11. The zero-order valence-electron chi connectivity index (χ0n) is 16.2. The predicted octanol–water partition coefficient (Wildman–Crippen LogP) is 6.26. The number of hydrogen-bond donors (Lipinski definition) is 1. The van der Waals surface area contributed by atoms with Crippen LogP contribution in [0.2, 0.25) is 5.02 Å². The van der Waals surface area contributed by atoms with Crippen molar-refractivity contribution < 1.29 is 4.79 Å². The quantitative estimate of drug-likeness (QED) is 0.373. The molecule has 1 heterocycles. The number of nitrogens with zero attached hydrogens (tertiary/aromatic N) is 1. The first-order valence-corrected chi connectivity index (χ1v) is 10.1. The van der Waals surface area contributed by atoms with Crippen LogP contribution in [0.25, 0.3) is 32.9 Å². The average molecular weight is 411 g/mol. The SMILES string of the molecule is NC(=O)c1cccc2c1c1ccc(Cl)cc1n2Cc1ccccc1-c1ccccc1. The third-order valence-corrected chi connectivity index (χ3v) is 5.78. The molecule has 4 heteroatoms. The minimum atomic E-state index is -0.431. The number of hydrogen-bond acceptors (Lipinski definition) is 1. The molecular weight excluding hydrogens is 392 g/mol. The summed E-state index contributed by atoms with van der Waals surface area (Å²) in [7, 11) is 0. The van der Waals surface area contributed by atoms with Crippen molar-refractivity contribution in [1.82, 2.24) is 4.57 Å². The first kappa shape index (κ1) is 18.5. The normalized spacial score (nSPS) is 11.2. The fourth-order valence-corrected chi connectivity index (χ4v) is 4.39. The second-order valence-electron chi connectivity index (χ2n) is 7.33. The Morgan fingerprint density at radius 2 is 1.60 bits per heavy atom. The van der Waals surface area contributed by atoms with Crippen LogP contribution in [0.1, 0.15) is 15.9 Å². The fraction of sp³-hybridized carbons (Fsp3) is 0.0385. The van der Waals surface area contributed by atoms with Crippen LogP contribution in [0.3, 0.4) is 0 Å². The Morgan fingerprint density at radius 1 is 0.833 bits per heavy atom. The molecule has 5 aromatic rings. The van der Waals surface area contributed by atoms with Gasteiger partial charge in [-0.15, -0.1) is 0 Å². The van der Waals surface area contributed by atoms with Gasteiger partial charge in [-0.1, -0.05) is 78.3 Å². The molecule has 0 fully saturated rings. The number of carbonyl (C=O) groups is 1. The number of primary amides is 1. The van der Waals surface area contributed by atoms with Crippen molar-refractivity contribution in [2.75, 3.05) is 0 Å². The first-order chi connectivity index (χ1) is 14.6. The second kappa shape index (κ2) is 7.36. The monoisotopic (exact) mass is 410 g/mol. The van der Waals surface area contributed by atoms with E-state index in [2.05, 4.69) is 41.0 Å². The lowest BCUT2D eigenvalue weighted by atomic mass is 9.99. The summed E-state index contributed by atoms with van der Waals surface area (Å²) >= 11 is 6.35. The molecule has 5 rings (SSSR count). The van der Waals surface area contributed by atoms with Crippen LogP contribution in [-0.4, -0.2) is 10.5 Å². The lowest BCUT2D eigenvalue weighted by molar-refractivity contribution is 0.100. The van der Waals surface area contributed by atoms with Gasteiger partial charge >= 0.3 is 0 Å². The van der Waals surface area contributed by atoms with E-state index in [-0.39, 0.29) is 0 Å². The molecule has 2 N–H and O–H groups in total. The summed E-state index contributed by atoms with van der Waals surface area (Å²) in [4.78, 5) is 12.1. The maximum absolute atomic E-state index is 12.1. The van der Waals surface area contributed by atoms with Crippen molar-refractivity contribution in [1.29, 1.82) is 0 Å². The molecule has 1 amide bonds. The van der Waals surface area contributed by atoms with Gasteiger partial charge in [-0.25, -0.2) is 0 Å². The highest BCUT2D eigenvalue weighted by molar-refractivity contribution is 6.32. The summed E-state index contributed by atoms with van der Waals surface area (Å²) in [6, 6.07) is 30.2. The first-order valence-electron chi connectivity index (χ1n) is 9.77. The van der Waals surface area contributed by atoms with Gasteiger partial charge in [0.15, 0.2) is 0 Å². The van der Waals surface area contributed by atoms with Gasteiger partial charge in [0.1, 0.15) is 0 Å². The smallest absolute Gasteiger partial charge is 0.249 e. The van der Waals surface area contributed by atoms with Crippen molar-refractivity contribution in [3.05, 3.63) is 107 Å². The summed E-state index contributed by atoms with van der Waals surface area (Å²) in [6.45, 7) is 0.646. The summed E-state index contributed by atoms with van der Waals surface area (Å²) < 4.78 is 2.21. The summed E-state index contributed by atoms with van der Waals surface area (Å²) in [5, 5.41) is 2.50. The molecule has 0 bridgehead atoms. The molecule has 30 heavy (non-hydrogen) atoms. The highest BCUT2D eigenvalue weighted by Crippen LogP contribution is 2.35. The van der Waals surface area contributed by atoms with Gasteiger partial charge in [-0.3, -0.25) is 4.79 Å². The zero-order chi connectivity index (χ0) is 20.7. The van der Waals surface area contributed by atoms with Crippen LogP contribution in [0.15, 0.2) is 91.0 Å². The van der Waals surface area contributed by atoms with Crippen LogP contribution < -0.4 is 5.73 Å². The summed E-state index contributed by atoms with van der Waals surface area (Å²) in [5.74, 6) is -0.431. The number of rotatable bonds is 4. The number of fused-ring (bicyclic) bond motifs is 3. The van der Waals surface area contributed by atoms with E-state index in [1.54, 1.807) is 6.07 Å². The molecule has 0 aliphatic rings. The minimum Gasteiger partial charge on any atom is -0.366 e. The molecule has 3 nitrogen and oxygen atoms in total. The van der Waals surface area contributed by atoms with Gasteiger partial charge in [-0.05, 0) is 41.0 Å². The predicted molar refractivity (Wildman–Crippen MR) is 124 cm³/mol. The van der Waals surface area contributed by atoms with Gasteiger partial charge in [0.05, 0.1) is 11.0 Å². The molecule has 0 spiro atoms. The minimum absolute atomic E-state index is 0.431. The molecule has 1 aromatic heterocycles. The molecule has 0 aliphatic carbocycles. The summed E-state index contributed by atoms with van der Waals surface area (Å²) in [6.07, 6.45) is 0. The van der Waals surface area contributed by atoms with Gasteiger partial charge in [0, 0.05) is 27.9 Å². The van der Waals surface area contributed by atoms with E-state index >= 15 is 0 Å². The van der Waals surface area contributed by atoms with E-state index in [0.29, 0.717) is 17.1 Å². The third kappa shape index (κ3) is 3.04. The molecule has 0 atom stereocenters. The topological polar surface area (TPSA) is 48.0 Å². The molecular formula is C26H19ClN2O. The Labute approximate surface area is 179 Å². The van der Waals surface area contributed by atoms with Crippen LogP contribution in [0.5, 0.6) is 0 Å². The molecule has 0 unspecified atom stereocenters. The number of amides is 1. The highest BCUT2D eigenvalue weighted by Gasteiger charge is 2.17. The van der Waals surface area contributed by atoms with Gasteiger partial charge in [-0.2, -0.15) is 0 Å². The van der Waals surface area contributed by atoms with E-state index in [9.17, 15) is 4.79 Å². The second-order valence-corrected chi connectivity index (χ2v) is 7.77. The van der Waals surface area contributed by atoms with E-state index in [4.69, 9.17) is 17.3 Å². The van der Waals surface area contributed by atoms with Crippen LogP contribution >= 0.6 is 11.6 Å². The molecule has 4 aromatic carbocycles. The molecule has 0 saturated heterocycles. The van der Waals surface area contributed by atoms with Gasteiger partial charge in [0.2, 0.25) is 5.91 Å². The molecule has 146 valence electrons. The Kier molecular flexibility index (Phi) is 4.53. The fourth-order valence-electron chi connectivity index (χ4n) is 4.22. The number of nitrogens with two attached hydrogens (primary N) is 1. The number of carbonyl (C=O) groups excluding carboxylic acids is 1. The Morgan fingerprint density at radius 3 is 2.40 bits per heavy atom. The molecule has 0 aliphatic heterocycles. The van der Waals surface area contributed by atoms with E-state index in [1.165, 1.54) is 16.7 Å². The van der Waals surface area contributed by atoms with Crippen molar-refractivity contribution >= 4 is 39.3 Å². The van der Waals surface area contributed by atoms with Gasteiger partial charge < -0.3 is 10.3 Å². The van der Waals surface area contributed by atoms with Crippen LogP contribution in [0, 0.1) is 0 Å². The number of aromatic nitrogens is 1. The Bertz CT molecular complexity index is 1400. The van der Waals surface area contributed by atoms with Crippen molar-refractivity contribution in [2.45, 2.75) is 6.54 Å². The van der Waals surface area contributed by atoms with Crippen molar-refractivity contribution in [3.8, 4) is 11.1 Å². The molecule has 0 saturated carbocycles. The maximum Gasteiger partial charge on any atom is 0.249 e. The van der Waals surface area contributed by atoms with Gasteiger partial charge in [0.25, 0.3) is 0 Å². The van der Waals surface area contributed by atoms with E-state index in [0.717, 1.165) is 21.8 Å². The van der Waals surface area contributed by atoms with E-state index in [1.807, 2.05) is 48.5 Å². The van der Waals surface area contributed by atoms with Crippen LogP contribution in [0.4, 0.5) is 0 Å². The Hall–Kier alpha value is -3.56. The Balaban J connectivity index is 1.78. The number of halogens is 1. The zero-order valence-corrected chi connectivity index (χ0v) is 16.9. The standard InChI is InChI=1S/C26H19ClN2O/c27-19-13-14-21-24(15-19)29(23-12-6-11-22(25(21)23)26(28)30)16-18-9-4-5-10-20(18)17-7-2-1-3-8-17/h1-15H,16H2,(H2,28,30). The maximum atomic E-state index is 12.1.